The lowest BCUT2D eigenvalue weighted by molar-refractivity contribution is 0.168. The summed E-state index contributed by atoms with van der Waals surface area (Å²) in [4.78, 5) is 14.1. The molecular weight excluding hydrogens is 323 g/mol. The number of hydrogen-bond donors (Lipinski definition) is 2. The van der Waals surface area contributed by atoms with Crippen LogP contribution in [0.4, 0.5) is 9.18 Å². The molecule has 1 aromatic carbocycles. The number of aliphatic hydroxyl groups excluding tert-OH is 1. The van der Waals surface area contributed by atoms with Crippen molar-refractivity contribution in [3.05, 3.63) is 54.1 Å². The third-order valence-electron chi connectivity index (χ3n) is 4.43. The maximum Gasteiger partial charge on any atom is 0.318 e. The van der Waals surface area contributed by atoms with Gasteiger partial charge >= 0.3 is 6.03 Å². The van der Waals surface area contributed by atoms with Crippen LogP contribution in [0.5, 0.6) is 0 Å². The number of nitrogens with one attached hydrogen (secondary N) is 1. The standard InChI is InChI=1S/C18H23FN4O2/c1-13(11-22-7-3-6-21-22)10-20-18(25)23-12-16(24)9-17(23)14-4-2-5-15(19)8-14/h2-8,13,16-17,24H,9-12H2,1H3,(H,20,25)/t13-,16+,17+/m1/s1. The van der Waals surface area contributed by atoms with Gasteiger partial charge in [0.1, 0.15) is 5.82 Å². The molecule has 2 aromatic rings. The molecule has 0 spiro atoms. The molecule has 6 nitrogen and oxygen atoms in total. The van der Waals surface area contributed by atoms with Crippen LogP contribution in [-0.4, -0.2) is 45.0 Å². The second kappa shape index (κ2) is 7.65. The summed E-state index contributed by atoms with van der Waals surface area (Å²) in [6, 6.07) is 7.51. The molecule has 134 valence electrons. The number of aromatic nitrogens is 2. The van der Waals surface area contributed by atoms with Crippen LogP contribution in [0, 0.1) is 11.7 Å². The summed E-state index contributed by atoms with van der Waals surface area (Å²) < 4.78 is 15.3. The number of likely N-dealkylation sites (tertiary alicyclic amines) is 1. The molecule has 0 bridgehead atoms. The molecule has 2 N–H and O–H groups in total. The molecule has 0 saturated carbocycles. The highest BCUT2D eigenvalue weighted by Gasteiger charge is 2.35. The fourth-order valence-electron chi connectivity index (χ4n) is 3.22. The van der Waals surface area contributed by atoms with Gasteiger partial charge in [0.05, 0.1) is 12.1 Å². The maximum absolute atomic E-state index is 13.5. The van der Waals surface area contributed by atoms with Crippen molar-refractivity contribution in [2.75, 3.05) is 13.1 Å². The molecule has 3 atom stereocenters. The molecule has 1 aliphatic heterocycles. The first-order valence-corrected chi connectivity index (χ1v) is 8.48. The molecule has 3 rings (SSSR count). The van der Waals surface area contributed by atoms with E-state index in [0.29, 0.717) is 25.1 Å². The fourth-order valence-corrected chi connectivity index (χ4v) is 3.22. The van der Waals surface area contributed by atoms with Crippen LogP contribution in [0.15, 0.2) is 42.7 Å². The zero-order valence-corrected chi connectivity index (χ0v) is 14.2. The van der Waals surface area contributed by atoms with Crippen molar-refractivity contribution in [3.63, 3.8) is 0 Å². The van der Waals surface area contributed by atoms with E-state index < -0.39 is 6.10 Å². The number of carbonyl (C=O) groups is 1. The molecule has 1 saturated heterocycles. The topological polar surface area (TPSA) is 70.4 Å². The minimum atomic E-state index is -0.597. The third-order valence-corrected chi connectivity index (χ3v) is 4.43. The van der Waals surface area contributed by atoms with Gasteiger partial charge in [-0.3, -0.25) is 4.68 Å². The van der Waals surface area contributed by atoms with Gasteiger partial charge in [0.15, 0.2) is 0 Å². The Kier molecular flexibility index (Phi) is 5.33. The lowest BCUT2D eigenvalue weighted by atomic mass is 10.0. The van der Waals surface area contributed by atoms with Crippen molar-refractivity contribution in [1.82, 2.24) is 20.0 Å². The molecule has 1 aliphatic rings. The number of aliphatic hydroxyl groups is 1. The van der Waals surface area contributed by atoms with Crippen molar-refractivity contribution >= 4 is 6.03 Å². The number of urea groups is 1. The number of amides is 2. The van der Waals surface area contributed by atoms with Crippen molar-refractivity contribution in [3.8, 4) is 0 Å². The largest absolute Gasteiger partial charge is 0.391 e. The number of rotatable bonds is 5. The van der Waals surface area contributed by atoms with Crippen molar-refractivity contribution < 1.29 is 14.3 Å². The van der Waals surface area contributed by atoms with E-state index in [1.54, 1.807) is 23.2 Å². The van der Waals surface area contributed by atoms with E-state index in [1.165, 1.54) is 12.1 Å². The van der Waals surface area contributed by atoms with Gasteiger partial charge in [0.25, 0.3) is 0 Å². The van der Waals surface area contributed by atoms with Gasteiger partial charge in [-0.1, -0.05) is 19.1 Å². The number of hydrogen-bond acceptors (Lipinski definition) is 3. The summed E-state index contributed by atoms with van der Waals surface area (Å²) in [6.45, 7) is 3.50. The molecular formula is C18H23FN4O2. The van der Waals surface area contributed by atoms with E-state index in [-0.39, 0.29) is 30.4 Å². The molecule has 2 heterocycles. The second-order valence-electron chi connectivity index (χ2n) is 6.63. The first kappa shape index (κ1) is 17.4. The van der Waals surface area contributed by atoms with Crippen molar-refractivity contribution in [2.24, 2.45) is 5.92 Å². The Morgan fingerprint density at radius 2 is 2.32 bits per heavy atom. The van der Waals surface area contributed by atoms with Gasteiger partial charge in [0.2, 0.25) is 0 Å². The van der Waals surface area contributed by atoms with Crippen LogP contribution in [-0.2, 0) is 6.54 Å². The first-order valence-electron chi connectivity index (χ1n) is 8.48. The van der Waals surface area contributed by atoms with E-state index in [9.17, 15) is 14.3 Å². The summed E-state index contributed by atoms with van der Waals surface area (Å²) in [7, 11) is 0. The molecule has 0 aliphatic carbocycles. The summed E-state index contributed by atoms with van der Waals surface area (Å²) in [5.74, 6) is -0.129. The Labute approximate surface area is 146 Å². The average molecular weight is 346 g/mol. The number of halogens is 1. The monoisotopic (exact) mass is 346 g/mol. The predicted molar refractivity (Wildman–Crippen MR) is 91.3 cm³/mol. The lowest BCUT2D eigenvalue weighted by Gasteiger charge is -2.26. The number of β-amino-alcohol motifs (C(OH)–C–C–N with tert-alkyl or cyclic N) is 1. The fraction of sp³-hybridized carbons (Fsp3) is 0.444. The van der Waals surface area contributed by atoms with Gasteiger partial charge in [-0.15, -0.1) is 0 Å². The number of carbonyl (C=O) groups excluding carboxylic acids is 1. The molecule has 1 fully saturated rings. The smallest absolute Gasteiger partial charge is 0.318 e. The van der Waals surface area contributed by atoms with Gasteiger partial charge in [-0.05, 0) is 36.1 Å². The highest BCUT2D eigenvalue weighted by molar-refractivity contribution is 5.75. The minimum absolute atomic E-state index is 0.212. The zero-order valence-electron chi connectivity index (χ0n) is 14.2. The summed E-state index contributed by atoms with van der Waals surface area (Å²) in [5.41, 5.74) is 0.705. The Morgan fingerprint density at radius 1 is 1.48 bits per heavy atom. The van der Waals surface area contributed by atoms with Crippen molar-refractivity contribution in [1.29, 1.82) is 0 Å². The maximum atomic E-state index is 13.5. The van der Waals surface area contributed by atoms with Crippen LogP contribution in [0.1, 0.15) is 24.9 Å². The SMILES string of the molecule is C[C@H](CNC(=O)N1C[C@@H](O)C[C@H]1c1cccc(F)c1)Cn1cccn1. The van der Waals surface area contributed by atoms with E-state index in [0.717, 1.165) is 0 Å². The Balaban J connectivity index is 1.59. The van der Waals surface area contributed by atoms with E-state index >= 15 is 0 Å². The molecule has 0 unspecified atom stereocenters. The molecule has 2 amide bonds. The highest BCUT2D eigenvalue weighted by atomic mass is 19.1. The normalized spacial score (nSPS) is 21.3. The van der Waals surface area contributed by atoms with E-state index in [4.69, 9.17) is 0 Å². The number of nitrogens with zero attached hydrogens (tertiary/aromatic N) is 3. The minimum Gasteiger partial charge on any atom is -0.391 e. The Bertz CT molecular complexity index is 707. The van der Waals surface area contributed by atoms with E-state index in [1.807, 2.05) is 23.9 Å². The molecule has 7 heteroatoms. The quantitative estimate of drug-likeness (QED) is 0.872. The third kappa shape index (κ3) is 4.36. The Hall–Kier alpha value is -2.41. The Morgan fingerprint density at radius 3 is 3.04 bits per heavy atom. The van der Waals surface area contributed by atoms with Gasteiger partial charge in [-0.25, -0.2) is 9.18 Å². The first-order chi connectivity index (χ1) is 12.0. The highest BCUT2D eigenvalue weighted by Crippen LogP contribution is 2.32. The molecule has 1 aromatic heterocycles. The molecule has 25 heavy (non-hydrogen) atoms. The van der Waals surface area contributed by atoms with Crippen LogP contribution in [0.25, 0.3) is 0 Å². The van der Waals surface area contributed by atoms with Gasteiger partial charge in [-0.2, -0.15) is 5.10 Å². The van der Waals surface area contributed by atoms with Crippen LogP contribution < -0.4 is 5.32 Å². The summed E-state index contributed by atoms with van der Waals surface area (Å²) >= 11 is 0. The average Bonchev–Trinajstić information content (AvgIpc) is 3.22. The van der Waals surface area contributed by atoms with Gasteiger partial charge < -0.3 is 15.3 Å². The van der Waals surface area contributed by atoms with Crippen LogP contribution in [0.2, 0.25) is 0 Å². The molecule has 0 radical (unpaired) electrons. The van der Waals surface area contributed by atoms with Gasteiger partial charge in [0, 0.05) is 32.0 Å². The summed E-state index contributed by atoms with van der Waals surface area (Å²) in [6.07, 6.45) is 3.43. The van der Waals surface area contributed by atoms with Crippen molar-refractivity contribution in [2.45, 2.75) is 32.0 Å². The number of benzene rings is 1. The summed E-state index contributed by atoms with van der Waals surface area (Å²) in [5, 5.41) is 17.0. The second-order valence-corrected chi connectivity index (χ2v) is 6.63. The van der Waals surface area contributed by atoms with Crippen LogP contribution in [0.3, 0.4) is 0 Å². The van der Waals surface area contributed by atoms with E-state index in [2.05, 4.69) is 10.4 Å². The van der Waals surface area contributed by atoms with Crippen LogP contribution >= 0.6 is 0 Å². The zero-order chi connectivity index (χ0) is 17.8. The lowest BCUT2D eigenvalue weighted by Crippen LogP contribution is -2.42. The predicted octanol–water partition coefficient (Wildman–Crippen LogP) is 2.18.